The molecule has 6 nitrogen and oxygen atoms in total. The Balaban J connectivity index is 1.34. The summed E-state index contributed by atoms with van der Waals surface area (Å²) in [6.45, 7) is 0.514. The van der Waals surface area contributed by atoms with E-state index in [0.717, 1.165) is 17.7 Å². The minimum absolute atomic E-state index is 0.0743. The van der Waals surface area contributed by atoms with Gasteiger partial charge in [-0.25, -0.2) is 0 Å². The Morgan fingerprint density at radius 3 is 2.66 bits per heavy atom. The van der Waals surface area contributed by atoms with Crippen molar-refractivity contribution in [3.63, 3.8) is 0 Å². The number of thiophene rings is 1. The van der Waals surface area contributed by atoms with Gasteiger partial charge in [-0.05, 0) is 48.6 Å². The van der Waals surface area contributed by atoms with Crippen molar-refractivity contribution in [2.45, 2.75) is 25.7 Å². The highest BCUT2D eigenvalue weighted by atomic mass is 35.5. The Bertz CT molecular complexity index is 1060. The number of thioether (sulfide) groups is 1. The lowest BCUT2D eigenvalue weighted by atomic mass is 10.2. The minimum atomic E-state index is -0.523. The normalized spacial score (nSPS) is 14.8. The molecular weight excluding hydrogens is 509 g/mol. The predicted molar refractivity (Wildman–Crippen MR) is 135 cm³/mol. The van der Waals surface area contributed by atoms with E-state index in [1.807, 2.05) is 23.6 Å². The molecule has 1 aromatic carbocycles. The molecule has 1 fully saturated rings. The van der Waals surface area contributed by atoms with Crippen molar-refractivity contribution in [3.05, 3.63) is 61.1 Å². The number of hydrogen-bond donors (Lipinski definition) is 2. The molecule has 2 N–H and O–H groups in total. The molecule has 2 aromatic rings. The van der Waals surface area contributed by atoms with Crippen LogP contribution in [-0.2, 0) is 9.59 Å². The third kappa shape index (κ3) is 6.79. The smallest absolute Gasteiger partial charge is 0.271 e. The van der Waals surface area contributed by atoms with Gasteiger partial charge in [0.15, 0.2) is 0 Å². The third-order valence-corrected chi connectivity index (χ3v) is 7.21. The first-order chi connectivity index (χ1) is 15.3. The lowest BCUT2D eigenvalue weighted by molar-refractivity contribution is -0.123. The molecule has 0 radical (unpaired) electrons. The van der Waals surface area contributed by atoms with Crippen LogP contribution in [0.15, 0.2) is 40.6 Å². The van der Waals surface area contributed by atoms with Crippen molar-refractivity contribution < 1.29 is 14.4 Å². The summed E-state index contributed by atoms with van der Waals surface area (Å²) in [5, 5.41) is 2.58. The number of nitrogens with zero attached hydrogens (tertiary/aromatic N) is 1. The van der Waals surface area contributed by atoms with Gasteiger partial charge in [0.25, 0.3) is 11.8 Å². The maximum absolute atomic E-state index is 12.6. The first-order valence-electron chi connectivity index (χ1n) is 9.68. The van der Waals surface area contributed by atoms with Crippen molar-refractivity contribution in [2.75, 3.05) is 6.54 Å². The second kappa shape index (κ2) is 11.8. The second-order valence-corrected chi connectivity index (χ2v) is 10.3. The summed E-state index contributed by atoms with van der Waals surface area (Å²) in [6.07, 6.45) is 4.18. The van der Waals surface area contributed by atoms with Crippen molar-refractivity contribution in [3.8, 4) is 0 Å². The highest BCUT2D eigenvalue weighted by Crippen LogP contribution is 2.33. The lowest BCUT2D eigenvalue weighted by Crippen LogP contribution is -2.41. The number of hydrazine groups is 1. The molecule has 168 valence electrons. The van der Waals surface area contributed by atoms with Crippen molar-refractivity contribution in [1.82, 2.24) is 15.8 Å². The molecule has 3 amide bonds. The molecule has 3 rings (SSSR count). The summed E-state index contributed by atoms with van der Waals surface area (Å²) in [5.41, 5.74) is 4.92. The zero-order chi connectivity index (χ0) is 23.1. The summed E-state index contributed by atoms with van der Waals surface area (Å²) in [5.74, 6) is -0.910. The molecule has 0 spiro atoms. The molecular formula is C21H19Cl2N3O3S3. The molecule has 32 heavy (non-hydrogen) atoms. The summed E-state index contributed by atoms with van der Waals surface area (Å²) < 4.78 is 0.555. The van der Waals surface area contributed by atoms with Gasteiger partial charge in [0.05, 0.1) is 15.5 Å². The van der Waals surface area contributed by atoms with Gasteiger partial charge in [0.1, 0.15) is 4.32 Å². The quantitative estimate of drug-likeness (QED) is 0.211. The number of halogens is 2. The van der Waals surface area contributed by atoms with E-state index in [1.54, 1.807) is 22.3 Å². The van der Waals surface area contributed by atoms with Gasteiger partial charge in [0.2, 0.25) is 5.91 Å². The van der Waals surface area contributed by atoms with Crippen molar-refractivity contribution >= 4 is 86.6 Å². The Kier molecular flexibility index (Phi) is 9.12. The van der Waals surface area contributed by atoms with E-state index in [4.69, 9.17) is 35.4 Å². The highest BCUT2D eigenvalue weighted by molar-refractivity contribution is 8.26. The van der Waals surface area contributed by atoms with Gasteiger partial charge in [0, 0.05) is 22.9 Å². The minimum Gasteiger partial charge on any atom is -0.293 e. The summed E-state index contributed by atoms with van der Waals surface area (Å²) >= 11 is 20.0. The standard InChI is InChI=1S/C21H19Cl2N3O3S3/c22-13-7-8-15(16(23)11-13)19(28)25-24-18(27)6-2-1-3-9-26-20(29)17(32-21(26)30)12-14-5-4-10-31-14/h4-5,7-8,10-12H,1-3,6,9H2,(H,24,27)(H,25,28)/b17-12+. The van der Waals surface area contributed by atoms with Crippen LogP contribution in [0.2, 0.25) is 10.0 Å². The lowest BCUT2D eigenvalue weighted by Gasteiger charge is -2.14. The number of carbonyl (C=O) groups is 3. The zero-order valence-electron chi connectivity index (χ0n) is 16.7. The fourth-order valence-corrected chi connectivity index (χ4v) is 5.38. The number of amides is 3. The van der Waals surface area contributed by atoms with Gasteiger partial charge < -0.3 is 0 Å². The highest BCUT2D eigenvalue weighted by Gasteiger charge is 2.31. The van der Waals surface area contributed by atoms with Crippen LogP contribution in [0.5, 0.6) is 0 Å². The van der Waals surface area contributed by atoms with Crippen molar-refractivity contribution in [1.29, 1.82) is 0 Å². The maximum atomic E-state index is 12.6. The SMILES string of the molecule is O=C(CCCCCN1C(=O)/C(=C\c2cccs2)SC1=S)NNC(=O)c1ccc(Cl)cc1Cl. The molecule has 11 heteroatoms. The van der Waals surface area contributed by atoms with E-state index in [-0.39, 0.29) is 28.8 Å². The zero-order valence-corrected chi connectivity index (χ0v) is 20.7. The average molecular weight is 529 g/mol. The number of rotatable bonds is 8. The van der Waals surface area contributed by atoms with E-state index in [1.165, 1.54) is 23.9 Å². The van der Waals surface area contributed by atoms with Crippen LogP contribution in [0.3, 0.4) is 0 Å². The van der Waals surface area contributed by atoms with Gasteiger partial charge in [-0.15, -0.1) is 11.3 Å². The Morgan fingerprint density at radius 2 is 1.94 bits per heavy atom. The Hall–Kier alpha value is -1.91. The first kappa shape index (κ1) is 24.7. The molecule has 0 unspecified atom stereocenters. The van der Waals surface area contributed by atoms with Crippen LogP contribution in [0.25, 0.3) is 6.08 Å². The molecule has 1 aliphatic heterocycles. The van der Waals surface area contributed by atoms with Crippen LogP contribution in [-0.4, -0.2) is 33.5 Å². The van der Waals surface area contributed by atoms with Crippen molar-refractivity contribution in [2.24, 2.45) is 0 Å². The topological polar surface area (TPSA) is 78.5 Å². The fraction of sp³-hybridized carbons (Fsp3) is 0.238. The van der Waals surface area contributed by atoms with Crippen LogP contribution in [0, 0.1) is 0 Å². The summed E-state index contributed by atoms with van der Waals surface area (Å²) in [7, 11) is 0. The Labute approximate surface area is 209 Å². The maximum Gasteiger partial charge on any atom is 0.271 e. The van der Waals surface area contributed by atoms with E-state index >= 15 is 0 Å². The van der Waals surface area contributed by atoms with Gasteiger partial charge in [-0.1, -0.05) is 59.7 Å². The van der Waals surface area contributed by atoms with Gasteiger partial charge in [-0.3, -0.25) is 30.1 Å². The fourth-order valence-electron chi connectivity index (χ4n) is 2.86. The van der Waals surface area contributed by atoms with Crippen LogP contribution in [0.1, 0.15) is 40.9 Å². The number of unbranched alkanes of at least 4 members (excludes halogenated alkanes) is 2. The molecule has 0 atom stereocenters. The Morgan fingerprint density at radius 1 is 1.12 bits per heavy atom. The van der Waals surface area contributed by atoms with Gasteiger partial charge in [-0.2, -0.15) is 0 Å². The van der Waals surface area contributed by atoms with Gasteiger partial charge >= 0.3 is 0 Å². The number of carbonyl (C=O) groups excluding carboxylic acids is 3. The molecule has 0 saturated carbocycles. The largest absolute Gasteiger partial charge is 0.293 e. The molecule has 0 bridgehead atoms. The molecule has 1 aliphatic rings. The van der Waals surface area contributed by atoms with Crippen LogP contribution in [0.4, 0.5) is 0 Å². The van der Waals surface area contributed by atoms with E-state index in [9.17, 15) is 14.4 Å². The number of thiocarbonyl (C=S) groups is 1. The summed E-state index contributed by atoms with van der Waals surface area (Å²) in [6, 6.07) is 8.37. The van der Waals surface area contributed by atoms with E-state index in [2.05, 4.69) is 10.9 Å². The third-order valence-electron chi connectivity index (χ3n) is 4.47. The number of benzene rings is 1. The average Bonchev–Trinajstić information content (AvgIpc) is 3.35. The van der Waals surface area contributed by atoms with Crippen LogP contribution < -0.4 is 10.9 Å². The first-order valence-corrected chi connectivity index (χ1v) is 12.5. The predicted octanol–water partition coefficient (Wildman–Crippen LogP) is 5.28. The second-order valence-electron chi connectivity index (χ2n) is 6.79. The molecule has 0 aliphatic carbocycles. The molecule has 1 saturated heterocycles. The number of hydrogen-bond acceptors (Lipinski definition) is 6. The van der Waals surface area contributed by atoms with Crippen LogP contribution >= 0.6 is 58.5 Å². The number of nitrogens with one attached hydrogen (secondary N) is 2. The monoisotopic (exact) mass is 527 g/mol. The van der Waals surface area contributed by atoms with E-state index < -0.39 is 5.91 Å². The van der Waals surface area contributed by atoms with E-state index in [0.29, 0.717) is 27.2 Å². The molecule has 2 heterocycles. The summed E-state index contributed by atoms with van der Waals surface area (Å²) in [4.78, 5) is 39.9. The molecule has 1 aromatic heterocycles.